The molecule has 0 saturated carbocycles. The Labute approximate surface area is 143 Å². The third-order valence-corrected chi connectivity index (χ3v) is 3.38. The molecule has 7 nitrogen and oxygen atoms in total. The van der Waals surface area contributed by atoms with Crippen molar-refractivity contribution in [1.29, 1.82) is 0 Å². The van der Waals surface area contributed by atoms with Crippen LogP contribution in [0.5, 0.6) is 0 Å². The first-order valence-corrected chi connectivity index (χ1v) is 6.82. The Morgan fingerprint density at radius 3 is 2.46 bits per heavy atom. The quantitative estimate of drug-likeness (QED) is 0.437. The zero-order valence-electron chi connectivity index (χ0n) is 12.6. The topological polar surface area (TPSA) is 98.0 Å². The third kappa shape index (κ3) is 3.47. The molecule has 24 heavy (non-hydrogen) atoms. The number of anilines is 2. The van der Waals surface area contributed by atoms with Crippen LogP contribution in [0.25, 0.3) is 10.9 Å². The number of benzene rings is 2. The molecule has 0 fully saturated rings. The van der Waals surface area contributed by atoms with Crippen LogP contribution in [0.2, 0.25) is 0 Å². The van der Waals surface area contributed by atoms with Crippen molar-refractivity contribution in [1.82, 2.24) is 9.97 Å². The van der Waals surface area contributed by atoms with Crippen LogP contribution in [0.4, 0.5) is 17.2 Å². The molecule has 2 aromatic carbocycles. The summed E-state index contributed by atoms with van der Waals surface area (Å²) in [7, 11) is 0. The minimum absolute atomic E-state index is 0. The molecule has 1 N–H and O–H groups in total. The fourth-order valence-corrected chi connectivity index (χ4v) is 2.18. The molecule has 0 aliphatic carbocycles. The second-order valence-electron chi connectivity index (χ2n) is 4.94. The largest absolute Gasteiger partial charge is 0.340 e. The number of Topliss-reactive ketones (excluding diaryl/α,β-unsaturated/α-hetero) is 1. The Morgan fingerprint density at radius 2 is 1.83 bits per heavy atom. The predicted octanol–water partition coefficient (Wildman–Crippen LogP) is 3.91. The van der Waals surface area contributed by atoms with E-state index in [1.165, 1.54) is 25.4 Å². The Kier molecular flexibility index (Phi) is 5.05. The van der Waals surface area contributed by atoms with E-state index in [9.17, 15) is 14.9 Å². The third-order valence-electron chi connectivity index (χ3n) is 3.38. The molecule has 0 atom stereocenters. The van der Waals surface area contributed by atoms with Crippen LogP contribution in [0, 0.1) is 10.1 Å². The zero-order chi connectivity index (χ0) is 16.4. The van der Waals surface area contributed by atoms with Crippen LogP contribution < -0.4 is 5.32 Å². The van der Waals surface area contributed by atoms with Gasteiger partial charge in [-0.3, -0.25) is 14.9 Å². The Morgan fingerprint density at radius 1 is 1.12 bits per heavy atom. The minimum atomic E-state index is -0.460. The lowest BCUT2D eigenvalue weighted by atomic mass is 10.1. The lowest BCUT2D eigenvalue weighted by Gasteiger charge is -2.08. The molecule has 0 aliphatic heterocycles. The number of nitro groups is 1. The van der Waals surface area contributed by atoms with Crippen LogP contribution in [0.3, 0.4) is 0 Å². The number of aromatic nitrogens is 2. The van der Waals surface area contributed by atoms with Gasteiger partial charge >= 0.3 is 0 Å². The van der Waals surface area contributed by atoms with Crippen molar-refractivity contribution in [2.24, 2.45) is 0 Å². The van der Waals surface area contributed by atoms with E-state index in [1.807, 2.05) is 0 Å². The molecule has 0 amide bonds. The number of carbonyl (C=O) groups is 1. The summed E-state index contributed by atoms with van der Waals surface area (Å²) in [6, 6.07) is 11.3. The molecule has 0 spiro atoms. The maximum atomic E-state index is 11.3. The molecule has 0 radical (unpaired) electrons. The molecule has 0 unspecified atom stereocenters. The highest BCUT2D eigenvalue weighted by Gasteiger charge is 2.11. The minimum Gasteiger partial charge on any atom is -0.340 e. The molecule has 3 rings (SSSR count). The normalized spacial score (nSPS) is 10.0. The zero-order valence-corrected chi connectivity index (χ0v) is 13.4. The van der Waals surface area contributed by atoms with E-state index in [4.69, 9.17) is 0 Å². The smallest absolute Gasteiger partial charge is 0.270 e. The summed E-state index contributed by atoms with van der Waals surface area (Å²) in [5, 5.41) is 14.6. The number of hydrogen-bond acceptors (Lipinski definition) is 6. The Balaban J connectivity index is 0.00000208. The number of fused-ring (bicyclic) bond motifs is 1. The highest BCUT2D eigenvalue weighted by molar-refractivity contribution is 5.95. The van der Waals surface area contributed by atoms with E-state index in [0.29, 0.717) is 22.3 Å². The number of non-ortho nitro benzene ring substituents is 1. The van der Waals surface area contributed by atoms with Gasteiger partial charge in [0.15, 0.2) is 5.78 Å². The van der Waals surface area contributed by atoms with Gasteiger partial charge in [-0.15, -0.1) is 12.4 Å². The van der Waals surface area contributed by atoms with Crippen molar-refractivity contribution in [3.8, 4) is 0 Å². The molecular weight excluding hydrogens is 332 g/mol. The predicted molar refractivity (Wildman–Crippen MR) is 93.2 cm³/mol. The summed E-state index contributed by atoms with van der Waals surface area (Å²) in [6.45, 7) is 1.50. The first-order valence-electron chi connectivity index (χ1n) is 6.82. The molecule has 0 aliphatic rings. The van der Waals surface area contributed by atoms with Crippen molar-refractivity contribution >= 4 is 46.3 Å². The number of nitrogens with one attached hydrogen (secondary N) is 1. The highest BCUT2D eigenvalue weighted by atomic mass is 35.5. The fraction of sp³-hybridized carbons (Fsp3) is 0.0625. The second kappa shape index (κ2) is 7.01. The van der Waals surface area contributed by atoms with E-state index < -0.39 is 4.92 Å². The van der Waals surface area contributed by atoms with E-state index in [-0.39, 0.29) is 23.9 Å². The van der Waals surface area contributed by atoms with Gasteiger partial charge in [0.05, 0.1) is 10.4 Å². The highest BCUT2D eigenvalue weighted by Crippen LogP contribution is 2.26. The number of nitrogens with zero attached hydrogens (tertiary/aromatic N) is 3. The lowest BCUT2D eigenvalue weighted by molar-refractivity contribution is -0.384. The first-order chi connectivity index (χ1) is 11.0. The van der Waals surface area contributed by atoms with Gasteiger partial charge in [0.25, 0.3) is 5.69 Å². The number of ketones is 1. The van der Waals surface area contributed by atoms with Crippen molar-refractivity contribution < 1.29 is 9.72 Å². The molecule has 122 valence electrons. The van der Waals surface area contributed by atoms with E-state index in [1.54, 1.807) is 30.3 Å². The summed E-state index contributed by atoms with van der Waals surface area (Å²) >= 11 is 0. The number of nitro benzene ring substituents is 1. The SMILES string of the molecule is CC(=O)c1ccc(Nc2ncnc3ccc([N+](=O)[O-])cc23)cc1.Cl. The Hall–Kier alpha value is -3.06. The van der Waals surface area contributed by atoms with E-state index in [2.05, 4.69) is 15.3 Å². The van der Waals surface area contributed by atoms with Gasteiger partial charge in [0, 0.05) is 28.8 Å². The number of rotatable bonds is 4. The summed E-state index contributed by atoms with van der Waals surface area (Å²) in [5.74, 6) is 0.453. The van der Waals surface area contributed by atoms with Gasteiger partial charge in [-0.25, -0.2) is 9.97 Å². The van der Waals surface area contributed by atoms with Crippen LogP contribution in [0.15, 0.2) is 48.8 Å². The van der Waals surface area contributed by atoms with Crippen LogP contribution in [-0.2, 0) is 0 Å². The molecule has 1 aromatic heterocycles. The van der Waals surface area contributed by atoms with Crippen LogP contribution >= 0.6 is 12.4 Å². The van der Waals surface area contributed by atoms with Crippen molar-refractivity contribution in [2.45, 2.75) is 6.92 Å². The standard InChI is InChI=1S/C16H12N4O3.ClH/c1-10(21)11-2-4-12(5-3-11)19-16-14-8-13(20(22)23)6-7-15(14)17-9-18-16;/h2-9H,1H3,(H,17,18,19);1H. The van der Waals surface area contributed by atoms with Gasteiger partial charge in [-0.1, -0.05) is 0 Å². The van der Waals surface area contributed by atoms with Gasteiger partial charge in [0.1, 0.15) is 12.1 Å². The number of carbonyl (C=O) groups excluding carboxylic acids is 1. The average Bonchev–Trinajstić information content (AvgIpc) is 2.55. The molecule has 0 bridgehead atoms. The fourth-order valence-electron chi connectivity index (χ4n) is 2.18. The van der Waals surface area contributed by atoms with Gasteiger partial charge < -0.3 is 5.32 Å². The Bertz CT molecular complexity index is 913. The lowest BCUT2D eigenvalue weighted by Crippen LogP contribution is -1.98. The maximum absolute atomic E-state index is 11.3. The van der Waals surface area contributed by atoms with Gasteiger partial charge in [-0.2, -0.15) is 0 Å². The number of hydrogen-bond donors (Lipinski definition) is 1. The van der Waals surface area contributed by atoms with Crippen molar-refractivity contribution in [3.63, 3.8) is 0 Å². The van der Waals surface area contributed by atoms with E-state index >= 15 is 0 Å². The van der Waals surface area contributed by atoms with Crippen LogP contribution in [0.1, 0.15) is 17.3 Å². The summed E-state index contributed by atoms with van der Waals surface area (Å²) in [6.07, 6.45) is 1.39. The monoisotopic (exact) mass is 344 g/mol. The first kappa shape index (κ1) is 17.3. The van der Waals surface area contributed by atoms with Gasteiger partial charge in [0.2, 0.25) is 0 Å². The van der Waals surface area contributed by atoms with Crippen LogP contribution in [-0.4, -0.2) is 20.7 Å². The average molecular weight is 345 g/mol. The summed E-state index contributed by atoms with van der Waals surface area (Å²) < 4.78 is 0. The molecule has 3 aromatic rings. The number of halogens is 1. The molecule has 1 heterocycles. The van der Waals surface area contributed by atoms with Crippen molar-refractivity contribution in [2.75, 3.05) is 5.32 Å². The maximum Gasteiger partial charge on any atom is 0.270 e. The molecular formula is C16H13ClN4O3. The summed E-state index contributed by atoms with van der Waals surface area (Å²) in [5.41, 5.74) is 1.91. The molecule has 8 heteroatoms. The van der Waals surface area contributed by atoms with E-state index in [0.717, 1.165) is 5.69 Å². The molecule has 0 saturated heterocycles. The van der Waals surface area contributed by atoms with Gasteiger partial charge in [-0.05, 0) is 37.3 Å². The van der Waals surface area contributed by atoms with Crippen molar-refractivity contribution in [3.05, 3.63) is 64.5 Å². The summed E-state index contributed by atoms with van der Waals surface area (Å²) in [4.78, 5) is 30.0. The second-order valence-corrected chi connectivity index (χ2v) is 4.94.